The van der Waals surface area contributed by atoms with E-state index in [0.717, 1.165) is 36.6 Å². The third-order valence-electron chi connectivity index (χ3n) is 2.72. The van der Waals surface area contributed by atoms with Crippen LogP contribution in [0.3, 0.4) is 0 Å². The van der Waals surface area contributed by atoms with Crippen LogP contribution in [-0.2, 0) is 10.6 Å². The number of alkyl halides is 1. The van der Waals surface area contributed by atoms with Crippen molar-refractivity contribution in [1.29, 1.82) is 0 Å². The highest BCUT2D eigenvalue weighted by Gasteiger charge is 2.16. The standard InChI is InChI=1S/C12H16ClNO2/c1-9-4-12(11(5-13)6-14-9)16-8-10-2-3-15-7-10/h4,6,10H,2-3,5,7-8H2,1H3. The fourth-order valence-electron chi connectivity index (χ4n) is 1.72. The third kappa shape index (κ3) is 2.86. The zero-order chi connectivity index (χ0) is 11.4. The van der Waals surface area contributed by atoms with Crippen molar-refractivity contribution in [2.24, 2.45) is 5.92 Å². The van der Waals surface area contributed by atoms with E-state index in [-0.39, 0.29) is 0 Å². The molecule has 2 heterocycles. The van der Waals surface area contributed by atoms with Crippen LogP contribution in [0.15, 0.2) is 12.3 Å². The van der Waals surface area contributed by atoms with Gasteiger partial charge in [0.05, 0.1) is 19.1 Å². The maximum Gasteiger partial charge on any atom is 0.127 e. The highest BCUT2D eigenvalue weighted by molar-refractivity contribution is 6.17. The molecule has 4 heteroatoms. The lowest BCUT2D eigenvalue weighted by Gasteiger charge is -2.13. The molecule has 0 spiro atoms. The van der Waals surface area contributed by atoms with Gasteiger partial charge in [-0.15, -0.1) is 11.6 Å². The number of halogens is 1. The molecule has 0 aliphatic carbocycles. The van der Waals surface area contributed by atoms with E-state index in [1.165, 1.54) is 0 Å². The molecule has 1 unspecified atom stereocenters. The molecular formula is C12H16ClNO2. The van der Waals surface area contributed by atoms with Gasteiger partial charge in [0.2, 0.25) is 0 Å². The first-order valence-corrected chi connectivity index (χ1v) is 6.05. The zero-order valence-corrected chi connectivity index (χ0v) is 10.2. The number of aromatic nitrogens is 1. The van der Waals surface area contributed by atoms with Gasteiger partial charge in [-0.05, 0) is 13.3 Å². The number of ether oxygens (including phenoxy) is 2. The van der Waals surface area contributed by atoms with E-state index in [1.54, 1.807) is 6.20 Å². The maximum atomic E-state index is 5.84. The molecule has 1 fully saturated rings. The summed E-state index contributed by atoms with van der Waals surface area (Å²) in [6.45, 7) is 4.31. The summed E-state index contributed by atoms with van der Waals surface area (Å²) in [4.78, 5) is 4.20. The molecule has 1 aliphatic rings. The molecule has 0 aromatic carbocycles. The van der Waals surface area contributed by atoms with Crippen molar-refractivity contribution in [2.75, 3.05) is 19.8 Å². The Morgan fingerprint density at radius 3 is 3.19 bits per heavy atom. The van der Waals surface area contributed by atoms with Crippen LogP contribution in [0.25, 0.3) is 0 Å². The number of hydrogen-bond donors (Lipinski definition) is 0. The number of pyridine rings is 1. The minimum atomic E-state index is 0.434. The van der Waals surface area contributed by atoms with Gasteiger partial charge >= 0.3 is 0 Å². The Balaban J connectivity index is 1.98. The van der Waals surface area contributed by atoms with Crippen LogP contribution in [0.5, 0.6) is 5.75 Å². The molecule has 1 aromatic rings. The molecule has 0 N–H and O–H groups in total. The average Bonchev–Trinajstić information content (AvgIpc) is 2.79. The van der Waals surface area contributed by atoms with E-state index in [2.05, 4.69) is 4.98 Å². The summed E-state index contributed by atoms with van der Waals surface area (Å²) < 4.78 is 11.1. The van der Waals surface area contributed by atoms with Crippen LogP contribution in [0, 0.1) is 12.8 Å². The molecule has 2 rings (SSSR count). The van der Waals surface area contributed by atoms with Gasteiger partial charge in [0, 0.05) is 36.0 Å². The van der Waals surface area contributed by atoms with E-state index in [4.69, 9.17) is 21.1 Å². The van der Waals surface area contributed by atoms with Crippen molar-refractivity contribution < 1.29 is 9.47 Å². The van der Waals surface area contributed by atoms with Crippen LogP contribution in [0.2, 0.25) is 0 Å². The van der Waals surface area contributed by atoms with Gasteiger partial charge in [0.25, 0.3) is 0 Å². The fourth-order valence-corrected chi connectivity index (χ4v) is 1.92. The largest absolute Gasteiger partial charge is 0.493 e. The van der Waals surface area contributed by atoms with Gasteiger partial charge in [-0.2, -0.15) is 0 Å². The maximum absolute atomic E-state index is 5.84. The molecule has 16 heavy (non-hydrogen) atoms. The summed E-state index contributed by atoms with van der Waals surface area (Å²) >= 11 is 5.84. The Morgan fingerprint density at radius 1 is 1.62 bits per heavy atom. The summed E-state index contributed by atoms with van der Waals surface area (Å²) in [6, 6.07) is 1.94. The highest BCUT2D eigenvalue weighted by atomic mass is 35.5. The van der Waals surface area contributed by atoms with Gasteiger partial charge in [-0.25, -0.2) is 0 Å². The van der Waals surface area contributed by atoms with Gasteiger partial charge < -0.3 is 9.47 Å². The molecule has 0 saturated carbocycles. The molecule has 1 aliphatic heterocycles. The third-order valence-corrected chi connectivity index (χ3v) is 3.01. The normalized spacial score (nSPS) is 20.0. The highest BCUT2D eigenvalue weighted by Crippen LogP contribution is 2.22. The first-order valence-electron chi connectivity index (χ1n) is 5.51. The first-order chi connectivity index (χ1) is 7.79. The molecule has 3 nitrogen and oxygen atoms in total. The summed E-state index contributed by atoms with van der Waals surface area (Å²) in [5.74, 6) is 1.80. The minimum Gasteiger partial charge on any atom is -0.493 e. The van der Waals surface area contributed by atoms with Gasteiger partial charge in [-0.3, -0.25) is 4.98 Å². The van der Waals surface area contributed by atoms with Gasteiger partial charge in [0.15, 0.2) is 0 Å². The average molecular weight is 242 g/mol. The van der Waals surface area contributed by atoms with Gasteiger partial charge in [0.1, 0.15) is 5.75 Å². The molecule has 88 valence electrons. The zero-order valence-electron chi connectivity index (χ0n) is 9.41. The van der Waals surface area contributed by atoms with E-state index < -0.39 is 0 Å². The lowest BCUT2D eigenvalue weighted by molar-refractivity contribution is 0.167. The van der Waals surface area contributed by atoms with Crippen molar-refractivity contribution in [3.05, 3.63) is 23.5 Å². The van der Waals surface area contributed by atoms with E-state index in [0.29, 0.717) is 18.4 Å². The molecule has 0 radical (unpaired) electrons. The molecule has 1 atom stereocenters. The number of nitrogens with zero attached hydrogens (tertiary/aromatic N) is 1. The molecule has 0 bridgehead atoms. The number of aryl methyl sites for hydroxylation is 1. The Morgan fingerprint density at radius 2 is 2.50 bits per heavy atom. The van der Waals surface area contributed by atoms with Crippen LogP contribution >= 0.6 is 11.6 Å². The Kier molecular flexibility index (Phi) is 4.02. The number of hydrogen-bond acceptors (Lipinski definition) is 3. The van der Waals surface area contributed by atoms with E-state index in [9.17, 15) is 0 Å². The molecular weight excluding hydrogens is 226 g/mol. The first kappa shape index (κ1) is 11.7. The van der Waals surface area contributed by atoms with E-state index in [1.807, 2.05) is 13.0 Å². The van der Waals surface area contributed by atoms with Crippen molar-refractivity contribution >= 4 is 11.6 Å². The van der Waals surface area contributed by atoms with E-state index >= 15 is 0 Å². The lowest BCUT2D eigenvalue weighted by Crippen LogP contribution is -2.12. The van der Waals surface area contributed by atoms with Crippen LogP contribution < -0.4 is 4.74 Å². The Labute approximate surface area is 101 Å². The molecule has 1 aromatic heterocycles. The topological polar surface area (TPSA) is 31.4 Å². The summed E-state index contributed by atoms with van der Waals surface area (Å²) in [7, 11) is 0. The smallest absolute Gasteiger partial charge is 0.127 e. The second kappa shape index (κ2) is 5.51. The van der Waals surface area contributed by atoms with Gasteiger partial charge in [-0.1, -0.05) is 0 Å². The quantitative estimate of drug-likeness (QED) is 0.760. The molecule has 1 saturated heterocycles. The second-order valence-electron chi connectivity index (χ2n) is 4.11. The van der Waals surface area contributed by atoms with Crippen molar-refractivity contribution in [3.8, 4) is 5.75 Å². The Hall–Kier alpha value is -0.800. The summed E-state index contributed by atoms with van der Waals surface area (Å²) in [6.07, 6.45) is 2.86. The van der Waals surface area contributed by atoms with Crippen LogP contribution in [-0.4, -0.2) is 24.8 Å². The Bertz CT molecular complexity index is 351. The summed E-state index contributed by atoms with van der Waals surface area (Å²) in [5.41, 5.74) is 1.90. The SMILES string of the molecule is Cc1cc(OCC2CCOC2)c(CCl)cn1. The second-order valence-corrected chi connectivity index (χ2v) is 4.37. The fraction of sp³-hybridized carbons (Fsp3) is 0.583. The monoisotopic (exact) mass is 241 g/mol. The van der Waals surface area contributed by atoms with Crippen molar-refractivity contribution in [2.45, 2.75) is 19.2 Å². The predicted molar refractivity (Wildman–Crippen MR) is 63.0 cm³/mol. The molecule has 0 amide bonds. The number of rotatable bonds is 4. The minimum absolute atomic E-state index is 0.434. The summed E-state index contributed by atoms with van der Waals surface area (Å²) in [5, 5.41) is 0. The van der Waals surface area contributed by atoms with Crippen LogP contribution in [0.4, 0.5) is 0 Å². The lowest BCUT2D eigenvalue weighted by atomic mass is 10.1. The van der Waals surface area contributed by atoms with Crippen molar-refractivity contribution in [1.82, 2.24) is 4.98 Å². The predicted octanol–water partition coefficient (Wildman–Crippen LogP) is 2.54. The van der Waals surface area contributed by atoms with Crippen molar-refractivity contribution in [3.63, 3.8) is 0 Å². The van der Waals surface area contributed by atoms with Crippen LogP contribution in [0.1, 0.15) is 17.7 Å².